The Morgan fingerprint density at radius 1 is 1.40 bits per heavy atom. The summed E-state index contributed by atoms with van der Waals surface area (Å²) in [5.41, 5.74) is 0.685. The summed E-state index contributed by atoms with van der Waals surface area (Å²) in [5.74, 6) is -0.355. The van der Waals surface area contributed by atoms with Crippen LogP contribution in [0.4, 0.5) is 4.39 Å². The minimum absolute atomic E-state index is 0.355. The van der Waals surface area contributed by atoms with Crippen molar-refractivity contribution in [2.24, 2.45) is 0 Å². The second-order valence-corrected chi connectivity index (χ2v) is 5.45. The number of halogens is 2. The average Bonchev–Trinajstić information content (AvgIpc) is 2.18. The molecule has 0 aliphatic carbocycles. The highest BCUT2D eigenvalue weighted by atomic mass is 35.5. The predicted octanol–water partition coefficient (Wildman–Crippen LogP) is 2.00. The highest BCUT2D eigenvalue weighted by Gasteiger charge is 2.14. The highest BCUT2D eigenvalue weighted by molar-refractivity contribution is 7.90. The van der Waals surface area contributed by atoms with Crippen LogP contribution in [0.5, 0.6) is 0 Å². The Balaban J connectivity index is 2.78. The van der Waals surface area contributed by atoms with Crippen LogP contribution in [0.25, 0.3) is 0 Å². The molecule has 0 bridgehead atoms. The molecule has 15 heavy (non-hydrogen) atoms. The standard InChI is InChI=1S/C9H11ClFNO2S/c1-7(12-15(13,14)6-10)8-2-4-9(11)5-3-8/h2-5,7,12H,6H2,1H3/t7-/m1/s1. The molecule has 0 amide bonds. The number of benzene rings is 1. The van der Waals surface area contributed by atoms with E-state index in [0.29, 0.717) is 5.56 Å². The summed E-state index contributed by atoms with van der Waals surface area (Å²) in [5, 5.41) is -0.488. The van der Waals surface area contributed by atoms with Crippen molar-refractivity contribution in [1.29, 1.82) is 0 Å². The Bertz CT molecular complexity index is 418. The SMILES string of the molecule is C[C@@H](NS(=O)(=O)CCl)c1ccc(F)cc1. The van der Waals surface area contributed by atoms with Gasteiger partial charge in [-0.05, 0) is 24.6 Å². The molecule has 0 unspecified atom stereocenters. The van der Waals surface area contributed by atoms with Crippen molar-refractivity contribution in [3.8, 4) is 0 Å². The zero-order chi connectivity index (χ0) is 11.5. The molecule has 0 aromatic heterocycles. The zero-order valence-corrected chi connectivity index (χ0v) is 9.65. The lowest BCUT2D eigenvalue weighted by molar-refractivity contribution is 0.571. The molecule has 3 nitrogen and oxygen atoms in total. The van der Waals surface area contributed by atoms with E-state index < -0.39 is 21.3 Å². The first-order chi connectivity index (χ1) is 6.94. The number of hydrogen-bond acceptors (Lipinski definition) is 2. The third-order valence-electron chi connectivity index (χ3n) is 1.87. The number of nitrogens with one attached hydrogen (secondary N) is 1. The summed E-state index contributed by atoms with van der Waals surface area (Å²) in [7, 11) is -3.46. The number of sulfonamides is 1. The molecule has 0 fully saturated rings. The predicted molar refractivity (Wildman–Crippen MR) is 57.6 cm³/mol. The molecule has 0 aliphatic rings. The van der Waals surface area contributed by atoms with Gasteiger partial charge in [0.15, 0.2) is 0 Å². The molecule has 0 saturated carbocycles. The Hall–Kier alpha value is -0.650. The van der Waals surface area contributed by atoms with Gasteiger partial charge in [-0.15, -0.1) is 11.6 Å². The van der Waals surface area contributed by atoms with Gasteiger partial charge >= 0.3 is 0 Å². The molecule has 0 radical (unpaired) electrons. The third kappa shape index (κ3) is 3.77. The molecule has 0 heterocycles. The van der Waals surface area contributed by atoms with Crippen LogP contribution in [0.1, 0.15) is 18.5 Å². The molecule has 1 aromatic carbocycles. The molecule has 1 atom stereocenters. The summed E-state index contributed by atoms with van der Waals surface area (Å²) in [6.45, 7) is 1.66. The first-order valence-corrected chi connectivity index (χ1v) is 6.45. The van der Waals surface area contributed by atoms with Crippen molar-refractivity contribution in [3.05, 3.63) is 35.6 Å². The topological polar surface area (TPSA) is 46.2 Å². The van der Waals surface area contributed by atoms with Gasteiger partial charge in [0.25, 0.3) is 0 Å². The van der Waals surface area contributed by atoms with Crippen LogP contribution in [0, 0.1) is 5.82 Å². The van der Waals surface area contributed by atoms with Crippen LogP contribution < -0.4 is 4.72 Å². The fraction of sp³-hybridized carbons (Fsp3) is 0.333. The second kappa shape index (κ2) is 4.92. The molecule has 1 N–H and O–H groups in total. The van der Waals surface area contributed by atoms with Gasteiger partial charge in [0.1, 0.15) is 11.0 Å². The quantitative estimate of drug-likeness (QED) is 0.832. The maximum absolute atomic E-state index is 12.6. The fourth-order valence-electron chi connectivity index (χ4n) is 1.12. The summed E-state index contributed by atoms with van der Waals surface area (Å²) >= 11 is 5.24. The van der Waals surface area contributed by atoms with E-state index in [2.05, 4.69) is 4.72 Å². The summed E-state index contributed by atoms with van der Waals surface area (Å²) in [6.07, 6.45) is 0. The molecular weight excluding hydrogens is 241 g/mol. The van der Waals surface area contributed by atoms with Gasteiger partial charge < -0.3 is 0 Å². The van der Waals surface area contributed by atoms with Crippen LogP contribution in [0.2, 0.25) is 0 Å². The van der Waals surface area contributed by atoms with Gasteiger partial charge in [-0.25, -0.2) is 17.5 Å². The average molecular weight is 252 g/mol. The van der Waals surface area contributed by atoms with Gasteiger partial charge in [0.2, 0.25) is 10.0 Å². The summed E-state index contributed by atoms with van der Waals surface area (Å²) < 4.78 is 37.2. The summed E-state index contributed by atoms with van der Waals surface area (Å²) in [4.78, 5) is 0. The van der Waals surface area contributed by atoms with Crippen LogP contribution in [0.15, 0.2) is 24.3 Å². The largest absolute Gasteiger partial charge is 0.226 e. The van der Waals surface area contributed by atoms with Crippen molar-refractivity contribution in [3.63, 3.8) is 0 Å². The monoisotopic (exact) mass is 251 g/mol. The van der Waals surface area contributed by atoms with E-state index in [4.69, 9.17) is 11.6 Å². The first-order valence-electron chi connectivity index (χ1n) is 4.26. The van der Waals surface area contributed by atoms with E-state index in [1.54, 1.807) is 6.92 Å². The molecule has 0 aliphatic heterocycles. The Labute approximate surface area is 93.3 Å². The Kier molecular flexibility index (Phi) is 4.07. The van der Waals surface area contributed by atoms with Gasteiger partial charge in [0, 0.05) is 6.04 Å². The van der Waals surface area contributed by atoms with Crippen LogP contribution in [-0.2, 0) is 10.0 Å². The molecule has 84 valence electrons. The Morgan fingerprint density at radius 2 is 1.93 bits per heavy atom. The fourth-order valence-corrected chi connectivity index (χ4v) is 2.05. The third-order valence-corrected chi connectivity index (χ3v) is 3.73. The number of alkyl halides is 1. The minimum atomic E-state index is -3.46. The molecule has 6 heteroatoms. The van der Waals surface area contributed by atoms with E-state index in [1.165, 1.54) is 24.3 Å². The summed E-state index contributed by atoms with van der Waals surface area (Å²) in [6, 6.07) is 5.18. The maximum atomic E-state index is 12.6. The number of rotatable bonds is 4. The van der Waals surface area contributed by atoms with Crippen LogP contribution in [-0.4, -0.2) is 13.6 Å². The van der Waals surface area contributed by atoms with Crippen LogP contribution in [0.3, 0.4) is 0 Å². The van der Waals surface area contributed by atoms with Crippen LogP contribution >= 0.6 is 11.6 Å². The normalized spacial score (nSPS) is 13.8. The second-order valence-electron chi connectivity index (χ2n) is 3.11. The van der Waals surface area contributed by atoms with Gasteiger partial charge in [-0.1, -0.05) is 12.1 Å². The smallest absolute Gasteiger partial charge is 0.211 e. The molecule has 1 aromatic rings. The van der Waals surface area contributed by atoms with E-state index in [-0.39, 0.29) is 5.82 Å². The minimum Gasteiger partial charge on any atom is -0.211 e. The van der Waals surface area contributed by atoms with Crippen molar-refractivity contribution < 1.29 is 12.8 Å². The maximum Gasteiger partial charge on any atom is 0.226 e. The van der Waals surface area contributed by atoms with E-state index >= 15 is 0 Å². The molecular formula is C9H11ClFNO2S. The lowest BCUT2D eigenvalue weighted by Gasteiger charge is -2.12. The van der Waals surface area contributed by atoms with Crippen molar-refractivity contribution in [1.82, 2.24) is 4.72 Å². The van der Waals surface area contributed by atoms with E-state index in [9.17, 15) is 12.8 Å². The number of hydrogen-bond donors (Lipinski definition) is 1. The van der Waals surface area contributed by atoms with E-state index in [1.807, 2.05) is 0 Å². The lowest BCUT2D eigenvalue weighted by atomic mass is 10.1. The lowest BCUT2D eigenvalue weighted by Crippen LogP contribution is -2.27. The van der Waals surface area contributed by atoms with Gasteiger partial charge in [0.05, 0.1) is 0 Å². The zero-order valence-electron chi connectivity index (χ0n) is 8.07. The van der Waals surface area contributed by atoms with Gasteiger partial charge in [-0.3, -0.25) is 0 Å². The Morgan fingerprint density at radius 3 is 2.40 bits per heavy atom. The molecule has 0 spiro atoms. The van der Waals surface area contributed by atoms with Crippen molar-refractivity contribution >= 4 is 21.6 Å². The highest BCUT2D eigenvalue weighted by Crippen LogP contribution is 2.14. The molecule has 0 saturated heterocycles. The van der Waals surface area contributed by atoms with Crippen molar-refractivity contribution in [2.45, 2.75) is 13.0 Å². The molecule has 1 rings (SSSR count). The van der Waals surface area contributed by atoms with Crippen molar-refractivity contribution in [2.75, 3.05) is 5.21 Å². The van der Waals surface area contributed by atoms with Gasteiger partial charge in [-0.2, -0.15) is 0 Å². The van der Waals surface area contributed by atoms with E-state index in [0.717, 1.165) is 0 Å². The first kappa shape index (κ1) is 12.4.